The second kappa shape index (κ2) is 5.26. The van der Waals surface area contributed by atoms with E-state index in [9.17, 15) is 13.2 Å². The molecule has 0 spiro atoms. The summed E-state index contributed by atoms with van der Waals surface area (Å²) < 4.78 is 38.6. The van der Waals surface area contributed by atoms with E-state index in [-0.39, 0.29) is 0 Å². The summed E-state index contributed by atoms with van der Waals surface area (Å²) in [5, 5.41) is 0. The minimum Gasteiger partial charge on any atom is -0.347 e. The first-order valence-corrected chi connectivity index (χ1v) is 7.09. The van der Waals surface area contributed by atoms with Crippen molar-refractivity contribution in [1.82, 2.24) is 9.97 Å². The molecule has 1 aromatic heterocycles. The maximum absolute atomic E-state index is 12.7. The monoisotopic (exact) mass is 310 g/mol. The van der Waals surface area contributed by atoms with E-state index in [2.05, 4.69) is 9.97 Å². The van der Waals surface area contributed by atoms with Gasteiger partial charge in [0.2, 0.25) is 0 Å². The van der Waals surface area contributed by atoms with Crippen molar-refractivity contribution in [3.63, 3.8) is 0 Å². The van der Waals surface area contributed by atoms with Crippen LogP contribution in [0.1, 0.15) is 41.4 Å². The second-order valence-corrected chi connectivity index (χ2v) is 5.69. The summed E-state index contributed by atoms with van der Waals surface area (Å²) >= 11 is 5.12. The number of nitrogens with one attached hydrogen (secondary N) is 1. The first-order chi connectivity index (χ1) is 9.91. The molecule has 21 heavy (non-hydrogen) atoms. The molecule has 1 saturated carbocycles. The number of aromatic nitrogens is 2. The molecular weight excluding hydrogens is 297 g/mol. The topological polar surface area (TPSA) is 28.7 Å². The zero-order valence-electron chi connectivity index (χ0n) is 11.1. The van der Waals surface area contributed by atoms with Crippen molar-refractivity contribution in [2.45, 2.75) is 31.4 Å². The van der Waals surface area contributed by atoms with E-state index in [1.807, 2.05) is 6.07 Å². The Bertz CT molecular complexity index is 717. The Morgan fingerprint density at radius 1 is 1.24 bits per heavy atom. The molecule has 1 aliphatic carbocycles. The van der Waals surface area contributed by atoms with Gasteiger partial charge >= 0.3 is 6.18 Å². The van der Waals surface area contributed by atoms with Crippen LogP contribution in [0.25, 0.3) is 0 Å². The van der Waals surface area contributed by atoms with E-state index < -0.39 is 11.7 Å². The summed E-state index contributed by atoms with van der Waals surface area (Å²) in [6.45, 7) is 0. The lowest BCUT2D eigenvalue weighted by Crippen LogP contribution is -2.06. The summed E-state index contributed by atoms with van der Waals surface area (Å²) in [6.07, 6.45) is -1.77. The number of benzene rings is 1. The van der Waals surface area contributed by atoms with Gasteiger partial charge in [-0.2, -0.15) is 13.2 Å². The quantitative estimate of drug-likeness (QED) is 0.838. The van der Waals surface area contributed by atoms with Crippen LogP contribution in [-0.4, -0.2) is 9.97 Å². The van der Waals surface area contributed by atoms with Crippen LogP contribution in [0.15, 0.2) is 30.3 Å². The predicted molar refractivity (Wildman–Crippen MR) is 75.6 cm³/mol. The molecule has 3 rings (SSSR count). The van der Waals surface area contributed by atoms with Gasteiger partial charge in [0, 0.05) is 12.1 Å². The fraction of sp³-hybridized carbons (Fsp3) is 0.333. The second-order valence-electron chi connectivity index (χ2n) is 5.27. The molecule has 2 aromatic rings. The molecule has 110 valence electrons. The van der Waals surface area contributed by atoms with Crippen LogP contribution >= 0.6 is 12.2 Å². The standard InChI is InChI=1S/C15H13F3N2S/c16-15(17,18)11-3-1-2-9(6-11)7-13-19-12(10-4-5-10)8-14(21)20-13/h1-3,6,8,10H,4-5,7H2,(H,19,20,21). The molecule has 0 aliphatic heterocycles. The van der Waals surface area contributed by atoms with Crippen molar-refractivity contribution in [1.29, 1.82) is 0 Å². The first-order valence-electron chi connectivity index (χ1n) is 6.68. The third kappa shape index (κ3) is 3.50. The molecule has 2 nitrogen and oxygen atoms in total. The fourth-order valence-electron chi connectivity index (χ4n) is 2.28. The normalized spacial score (nSPS) is 15.2. The van der Waals surface area contributed by atoms with Crippen LogP contribution in [0.4, 0.5) is 13.2 Å². The van der Waals surface area contributed by atoms with E-state index >= 15 is 0 Å². The number of H-pyrrole nitrogens is 1. The minimum atomic E-state index is -4.33. The van der Waals surface area contributed by atoms with Crippen LogP contribution in [-0.2, 0) is 12.6 Å². The molecule has 0 bridgehead atoms. The molecule has 0 radical (unpaired) electrons. The Hall–Kier alpha value is -1.69. The van der Waals surface area contributed by atoms with Crippen molar-refractivity contribution in [3.05, 3.63) is 57.6 Å². The summed E-state index contributed by atoms with van der Waals surface area (Å²) in [6, 6.07) is 7.14. The highest BCUT2D eigenvalue weighted by molar-refractivity contribution is 7.71. The molecule has 1 heterocycles. The van der Waals surface area contributed by atoms with Crippen LogP contribution in [0.2, 0.25) is 0 Å². The van der Waals surface area contributed by atoms with Crippen LogP contribution < -0.4 is 0 Å². The van der Waals surface area contributed by atoms with Gasteiger partial charge < -0.3 is 4.98 Å². The van der Waals surface area contributed by atoms with E-state index in [4.69, 9.17) is 12.2 Å². The Balaban J connectivity index is 1.88. The van der Waals surface area contributed by atoms with Crippen molar-refractivity contribution in [2.24, 2.45) is 0 Å². The van der Waals surface area contributed by atoms with Gasteiger partial charge in [-0.1, -0.05) is 30.4 Å². The third-order valence-electron chi connectivity index (χ3n) is 3.46. The first kappa shape index (κ1) is 14.3. The number of nitrogens with zero attached hydrogens (tertiary/aromatic N) is 1. The zero-order chi connectivity index (χ0) is 15.0. The summed E-state index contributed by atoms with van der Waals surface area (Å²) in [5.74, 6) is 1.11. The predicted octanol–water partition coefficient (Wildman–Crippen LogP) is 4.63. The van der Waals surface area contributed by atoms with Gasteiger partial charge in [-0.3, -0.25) is 0 Å². The van der Waals surface area contributed by atoms with E-state index in [0.29, 0.717) is 28.4 Å². The molecule has 1 aromatic carbocycles. The number of alkyl halides is 3. The Kier molecular flexibility index (Phi) is 3.57. The largest absolute Gasteiger partial charge is 0.416 e. The van der Waals surface area contributed by atoms with E-state index in [1.165, 1.54) is 6.07 Å². The lowest BCUT2D eigenvalue weighted by atomic mass is 10.1. The molecule has 0 saturated heterocycles. The molecule has 6 heteroatoms. The highest BCUT2D eigenvalue weighted by Gasteiger charge is 2.30. The summed E-state index contributed by atoms with van der Waals surface area (Å²) in [5.41, 5.74) is 0.963. The van der Waals surface area contributed by atoms with Crippen molar-refractivity contribution in [2.75, 3.05) is 0 Å². The maximum Gasteiger partial charge on any atom is 0.416 e. The smallest absolute Gasteiger partial charge is 0.347 e. The van der Waals surface area contributed by atoms with Crippen LogP contribution in [0.3, 0.4) is 0 Å². The van der Waals surface area contributed by atoms with Crippen molar-refractivity contribution >= 4 is 12.2 Å². The maximum atomic E-state index is 12.7. The summed E-state index contributed by atoms with van der Waals surface area (Å²) in [4.78, 5) is 7.40. The van der Waals surface area contributed by atoms with Gasteiger partial charge in [-0.15, -0.1) is 0 Å². The van der Waals surface area contributed by atoms with Crippen molar-refractivity contribution in [3.8, 4) is 0 Å². The number of rotatable bonds is 3. The molecular formula is C15H13F3N2S. The molecule has 0 atom stereocenters. The SMILES string of the molecule is FC(F)(F)c1cccc(Cc2nc(=S)cc(C3CC3)[nH]2)c1. The van der Waals surface area contributed by atoms with Gasteiger partial charge in [-0.25, -0.2) is 4.98 Å². The van der Waals surface area contributed by atoms with Gasteiger partial charge in [0.15, 0.2) is 0 Å². The van der Waals surface area contributed by atoms with Gasteiger partial charge in [0.1, 0.15) is 10.5 Å². The minimum absolute atomic E-state index is 0.314. The summed E-state index contributed by atoms with van der Waals surface area (Å²) in [7, 11) is 0. The molecule has 1 N–H and O–H groups in total. The lowest BCUT2D eigenvalue weighted by molar-refractivity contribution is -0.137. The van der Waals surface area contributed by atoms with Gasteiger partial charge in [0.05, 0.1) is 5.56 Å². The average Bonchev–Trinajstić information content (AvgIpc) is 3.21. The Morgan fingerprint density at radius 3 is 2.67 bits per heavy atom. The molecule has 0 amide bonds. The number of aromatic amines is 1. The lowest BCUT2D eigenvalue weighted by Gasteiger charge is -2.09. The highest BCUT2D eigenvalue weighted by atomic mass is 32.1. The van der Waals surface area contributed by atoms with Crippen molar-refractivity contribution < 1.29 is 13.2 Å². The number of hydrogen-bond acceptors (Lipinski definition) is 2. The fourth-order valence-corrected chi connectivity index (χ4v) is 2.52. The average molecular weight is 310 g/mol. The third-order valence-corrected chi connectivity index (χ3v) is 3.66. The number of hydrogen-bond donors (Lipinski definition) is 1. The number of halogens is 3. The van der Waals surface area contributed by atoms with Crippen LogP contribution in [0.5, 0.6) is 0 Å². The zero-order valence-corrected chi connectivity index (χ0v) is 11.9. The van der Waals surface area contributed by atoms with Crippen LogP contribution in [0, 0.1) is 4.64 Å². The molecule has 1 aliphatic rings. The highest BCUT2D eigenvalue weighted by Crippen LogP contribution is 2.39. The Labute approximate surface area is 125 Å². The van der Waals surface area contributed by atoms with Gasteiger partial charge in [0.25, 0.3) is 0 Å². The molecule has 1 fully saturated rings. The van der Waals surface area contributed by atoms with E-state index in [0.717, 1.165) is 30.7 Å². The van der Waals surface area contributed by atoms with E-state index in [1.54, 1.807) is 6.07 Å². The Morgan fingerprint density at radius 2 is 2.00 bits per heavy atom. The van der Waals surface area contributed by atoms with Gasteiger partial charge in [-0.05, 0) is 36.5 Å². The molecule has 0 unspecified atom stereocenters.